The highest BCUT2D eigenvalue weighted by Crippen LogP contribution is 2.18. The SMILES string of the molecule is C=CCNC(=O)N1CCN(S(=O)(=O)c2ccc(C)cc2)CC1. The van der Waals surface area contributed by atoms with Gasteiger partial charge in [-0.05, 0) is 19.1 Å². The Bertz CT molecular complexity index is 633. The molecule has 120 valence electrons. The molecule has 6 nitrogen and oxygen atoms in total. The van der Waals surface area contributed by atoms with E-state index in [1.807, 2.05) is 6.92 Å². The molecular formula is C15H21N3O3S. The molecule has 1 saturated heterocycles. The van der Waals surface area contributed by atoms with Crippen molar-refractivity contribution in [3.63, 3.8) is 0 Å². The Morgan fingerprint density at radius 2 is 1.82 bits per heavy atom. The third-order valence-electron chi connectivity index (χ3n) is 3.58. The van der Waals surface area contributed by atoms with Crippen LogP contribution in [0.3, 0.4) is 0 Å². The Morgan fingerprint density at radius 3 is 2.36 bits per heavy atom. The van der Waals surface area contributed by atoms with Crippen molar-refractivity contribution in [2.24, 2.45) is 0 Å². The third kappa shape index (κ3) is 3.66. The number of aryl methyl sites for hydroxylation is 1. The number of carbonyl (C=O) groups excluding carboxylic acids is 1. The lowest BCUT2D eigenvalue weighted by atomic mass is 10.2. The molecule has 0 atom stereocenters. The topological polar surface area (TPSA) is 69.7 Å². The first-order chi connectivity index (χ1) is 10.4. The Labute approximate surface area is 131 Å². The zero-order chi connectivity index (χ0) is 16.2. The lowest BCUT2D eigenvalue weighted by Gasteiger charge is -2.33. The van der Waals surface area contributed by atoms with Crippen molar-refractivity contribution < 1.29 is 13.2 Å². The van der Waals surface area contributed by atoms with E-state index in [1.54, 1.807) is 35.2 Å². The number of hydrogen-bond donors (Lipinski definition) is 1. The van der Waals surface area contributed by atoms with E-state index in [-0.39, 0.29) is 6.03 Å². The van der Waals surface area contributed by atoms with Crippen molar-refractivity contribution >= 4 is 16.1 Å². The summed E-state index contributed by atoms with van der Waals surface area (Å²) in [6.07, 6.45) is 1.61. The minimum Gasteiger partial charge on any atom is -0.335 e. The van der Waals surface area contributed by atoms with Crippen molar-refractivity contribution in [3.05, 3.63) is 42.5 Å². The van der Waals surface area contributed by atoms with E-state index in [0.717, 1.165) is 5.56 Å². The van der Waals surface area contributed by atoms with Crippen LogP contribution in [0.25, 0.3) is 0 Å². The molecular weight excluding hydrogens is 302 g/mol. The van der Waals surface area contributed by atoms with Crippen molar-refractivity contribution in [2.45, 2.75) is 11.8 Å². The van der Waals surface area contributed by atoms with Gasteiger partial charge in [-0.3, -0.25) is 0 Å². The van der Waals surface area contributed by atoms with Gasteiger partial charge in [0.15, 0.2) is 0 Å². The molecule has 2 rings (SSSR count). The first kappa shape index (κ1) is 16.5. The third-order valence-corrected chi connectivity index (χ3v) is 5.50. The number of nitrogens with one attached hydrogen (secondary N) is 1. The largest absolute Gasteiger partial charge is 0.335 e. The second kappa shape index (κ2) is 6.93. The molecule has 0 radical (unpaired) electrons. The first-order valence-corrected chi connectivity index (χ1v) is 8.59. The molecule has 1 fully saturated rings. The molecule has 2 amide bonds. The fraction of sp³-hybridized carbons (Fsp3) is 0.400. The van der Waals surface area contributed by atoms with Crippen LogP contribution < -0.4 is 5.32 Å². The van der Waals surface area contributed by atoms with Crippen LogP contribution in [-0.2, 0) is 10.0 Å². The summed E-state index contributed by atoms with van der Waals surface area (Å²) in [6, 6.07) is 6.62. The van der Waals surface area contributed by atoms with E-state index in [9.17, 15) is 13.2 Å². The summed E-state index contributed by atoms with van der Waals surface area (Å²) in [7, 11) is -3.49. The van der Waals surface area contributed by atoms with Crippen LogP contribution in [-0.4, -0.2) is 56.4 Å². The molecule has 1 aliphatic heterocycles. The van der Waals surface area contributed by atoms with E-state index >= 15 is 0 Å². The molecule has 1 N–H and O–H groups in total. The quantitative estimate of drug-likeness (QED) is 0.847. The smallest absolute Gasteiger partial charge is 0.317 e. The summed E-state index contributed by atoms with van der Waals surface area (Å²) in [6.45, 7) is 7.23. The lowest BCUT2D eigenvalue weighted by molar-refractivity contribution is 0.173. The highest BCUT2D eigenvalue weighted by molar-refractivity contribution is 7.89. The van der Waals surface area contributed by atoms with Gasteiger partial charge in [0.05, 0.1) is 4.90 Å². The molecule has 0 aromatic heterocycles. The summed E-state index contributed by atoms with van der Waals surface area (Å²) in [5.74, 6) is 0. The highest BCUT2D eigenvalue weighted by atomic mass is 32.2. The van der Waals surface area contributed by atoms with Crippen LogP contribution in [0.5, 0.6) is 0 Å². The van der Waals surface area contributed by atoms with Crippen LogP contribution in [0, 0.1) is 6.92 Å². The number of rotatable bonds is 4. The number of amides is 2. The minimum atomic E-state index is -3.49. The predicted octanol–water partition coefficient (Wildman–Crippen LogP) is 1.20. The van der Waals surface area contributed by atoms with Gasteiger partial charge in [0.2, 0.25) is 10.0 Å². The van der Waals surface area contributed by atoms with E-state index in [2.05, 4.69) is 11.9 Å². The molecule has 0 spiro atoms. The zero-order valence-corrected chi connectivity index (χ0v) is 13.5. The molecule has 1 heterocycles. The van der Waals surface area contributed by atoms with E-state index < -0.39 is 10.0 Å². The molecule has 1 aliphatic rings. The summed E-state index contributed by atoms with van der Waals surface area (Å²) < 4.78 is 26.5. The minimum absolute atomic E-state index is 0.188. The average Bonchev–Trinajstić information content (AvgIpc) is 2.53. The number of benzene rings is 1. The number of carbonyl (C=O) groups is 1. The maximum Gasteiger partial charge on any atom is 0.317 e. The van der Waals surface area contributed by atoms with Crippen molar-refractivity contribution in [1.82, 2.24) is 14.5 Å². The van der Waals surface area contributed by atoms with Crippen molar-refractivity contribution in [1.29, 1.82) is 0 Å². The Hall–Kier alpha value is -1.86. The molecule has 1 aromatic rings. The monoisotopic (exact) mass is 323 g/mol. The molecule has 0 bridgehead atoms. The fourth-order valence-electron chi connectivity index (χ4n) is 2.26. The van der Waals surface area contributed by atoms with Gasteiger partial charge in [-0.15, -0.1) is 6.58 Å². The fourth-order valence-corrected chi connectivity index (χ4v) is 3.68. The number of sulfonamides is 1. The van der Waals surface area contributed by atoms with E-state index in [4.69, 9.17) is 0 Å². The zero-order valence-electron chi connectivity index (χ0n) is 12.7. The maximum atomic E-state index is 12.5. The average molecular weight is 323 g/mol. The second-order valence-corrected chi connectivity index (χ2v) is 7.12. The van der Waals surface area contributed by atoms with Crippen LogP contribution in [0.2, 0.25) is 0 Å². The van der Waals surface area contributed by atoms with Gasteiger partial charge in [0.1, 0.15) is 0 Å². The molecule has 7 heteroatoms. The summed E-state index contributed by atoms with van der Waals surface area (Å²) in [5, 5.41) is 2.69. The summed E-state index contributed by atoms with van der Waals surface area (Å²) in [4.78, 5) is 13.7. The maximum absolute atomic E-state index is 12.5. The van der Waals surface area contributed by atoms with Gasteiger partial charge in [-0.1, -0.05) is 23.8 Å². The standard InChI is InChI=1S/C15H21N3O3S/c1-3-8-16-15(19)17-9-11-18(12-10-17)22(20,21)14-6-4-13(2)5-7-14/h3-7H,1,8-12H2,2H3,(H,16,19). The lowest BCUT2D eigenvalue weighted by Crippen LogP contribution is -2.53. The second-order valence-electron chi connectivity index (χ2n) is 5.18. The summed E-state index contributed by atoms with van der Waals surface area (Å²) >= 11 is 0. The van der Waals surface area contributed by atoms with E-state index in [1.165, 1.54) is 4.31 Å². The van der Waals surface area contributed by atoms with Gasteiger partial charge in [0.25, 0.3) is 0 Å². The first-order valence-electron chi connectivity index (χ1n) is 7.15. The molecule has 1 aromatic carbocycles. The van der Waals surface area contributed by atoms with Crippen LogP contribution >= 0.6 is 0 Å². The number of hydrogen-bond acceptors (Lipinski definition) is 3. The van der Waals surface area contributed by atoms with Gasteiger partial charge < -0.3 is 10.2 Å². The van der Waals surface area contributed by atoms with Gasteiger partial charge in [-0.2, -0.15) is 4.31 Å². The number of nitrogens with zero attached hydrogens (tertiary/aromatic N) is 2. The molecule has 22 heavy (non-hydrogen) atoms. The highest BCUT2D eigenvalue weighted by Gasteiger charge is 2.29. The Balaban J connectivity index is 2.00. The van der Waals surface area contributed by atoms with Crippen molar-refractivity contribution in [3.8, 4) is 0 Å². The van der Waals surface area contributed by atoms with E-state index in [0.29, 0.717) is 37.6 Å². The van der Waals surface area contributed by atoms with Gasteiger partial charge in [0, 0.05) is 32.7 Å². The summed E-state index contributed by atoms with van der Waals surface area (Å²) in [5.41, 5.74) is 1.02. The van der Waals surface area contributed by atoms with Gasteiger partial charge >= 0.3 is 6.03 Å². The Kier molecular flexibility index (Phi) is 5.20. The van der Waals surface area contributed by atoms with Gasteiger partial charge in [-0.25, -0.2) is 13.2 Å². The number of urea groups is 1. The molecule has 0 aliphatic carbocycles. The van der Waals surface area contributed by atoms with Crippen LogP contribution in [0.4, 0.5) is 4.79 Å². The Morgan fingerprint density at radius 1 is 1.23 bits per heavy atom. The molecule has 0 saturated carbocycles. The number of piperazine rings is 1. The van der Waals surface area contributed by atoms with Crippen molar-refractivity contribution in [2.75, 3.05) is 32.7 Å². The molecule has 0 unspecified atom stereocenters. The normalized spacial score (nSPS) is 16.3. The predicted molar refractivity (Wildman–Crippen MR) is 85.1 cm³/mol. The van der Waals surface area contributed by atoms with Crippen LogP contribution in [0.15, 0.2) is 41.8 Å². The van der Waals surface area contributed by atoms with Crippen LogP contribution in [0.1, 0.15) is 5.56 Å².